The van der Waals surface area contributed by atoms with Crippen molar-refractivity contribution in [1.82, 2.24) is 0 Å². The average Bonchev–Trinajstić information content (AvgIpc) is 3.29. The van der Waals surface area contributed by atoms with Crippen molar-refractivity contribution in [3.63, 3.8) is 0 Å². The molecular weight excluding hydrogens is 516 g/mol. The minimum absolute atomic E-state index is 0.167. The Kier molecular flexibility index (Phi) is 8.45. The topological polar surface area (TPSA) is 71.1 Å². The Hall–Kier alpha value is -2.94. The van der Waals surface area contributed by atoms with E-state index in [-0.39, 0.29) is 11.0 Å². The SMILES string of the molecule is COc1ccc(C(=O)O[C@@H]2CC[SH](=O)(CO[Si](c3ccccc3)(c3ccccc3)C(C)(C)C)C2)c(OC)c1. The van der Waals surface area contributed by atoms with E-state index in [0.717, 1.165) is 10.4 Å². The van der Waals surface area contributed by atoms with Gasteiger partial charge in [0.1, 0.15) is 23.2 Å². The van der Waals surface area contributed by atoms with Crippen LogP contribution in [0.5, 0.6) is 11.5 Å². The third kappa shape index (κ3) is 5.72. The molecule has 8 heteroatoms. The van der Waals surface area contributed by atoms with E-state index in [1.54, 1.807) is 25.3 Å². The third-order valence-electron chi connectivity index (χ3n) is 7.23. The molecule has 0 N–H and O–H groups in total. The molecule has 1 aliphatic rings. The van der Waals surface area contributed by atoms with Crippen molar-refractivity contribution in [2.75, 3.05) is 31.7 Å². The molecular formula is C30H38O6SSi. The van der Waals surface area contributed by atoms with Crippen LogP contribution in [0, 0.1) is 0 Å². The molecule has 0 radical (unpaired) electrons. The van der Waals surface area contributed by atoms with Gasteiger partial charge in [0, 0.05) is 17.6 Å². The van der Waals surface area contributed by atoms with Gasteiger partial charge in [0.15, 0.2) is 0 Å². The Bertz CT molecular complexity index is 1250. The van der Waals surface area contributed by atoms with Crippen LogP contribution in [0.25, 0.3) is 0 Å². The first-order chi connectivity index (χ1) is 18.1. The van der Waals surface area contributed by atoms with Gasteiger partial charge >= 0.3 is 5.97 Å². The van der Waals surface area contributed by atoms with Crippen molar-refractivity contribution in [2.24, 2.45) is 0 Å². The number of ether oxygens (including phenoxy) is 3. The molecule has 0 aliphatic carbocycles. The maximum absolute atomic E-state index is 14.0. The monoisotopic (exact) mass is 554 g/mol. The van der Waals surface area contributed by atoms with Gasteiger partial charge < -0.3 is 18.6 Å². The normalized spacial score (nSPS) is 18.0. The van der Waals surface area contributed by atoms with Gasteiger partial charge in [0.05, 0.1) is 20.2 Å². The summed E-state index contributed by atoms with van der Waals surface area (Å²) in [5.41, 5.74) is 0.318. The van der Waals surface area contributed by atoms with Gasteiger partial charge in [-0.1, -0.05) is 91.4 Å². The third-order valence-corrected chi connectivity index (χ3v) is 15.2. The van der Waals surface area contributed by atoms with Crippen LogP contribution in [0.4, 0.5) is 0 Å². The second kappa shape index (κ2) is 11.4. The molecule has 1 heterocycles. The Balaban J connectivity index is 1.54. The molecule has 0 bridgehead atoms. The molecule has 0 aromatic heterocycles. The van der Waals surface area contributed by atoms with E-state index in [4.69, 9.17) is 18.6 Å². The second-order valence-corrected chi connectivity index (χ2v) is 18.3. The lowest BCUT2D eigenvalue weighted by Gasteiger charge is -2.43. The lowest BCUT2D eigenvalue weighted by atomic mass is 10.2. The van der Waals surface area contributed by atoms with E-state index in [1.165, 1.54) is 7.11 Å². The molecule has 6 nitrogen and oxygen atoms in total. The molecule has 1 atom stereocenters. The molecule has 1 aliphatic heterocycles. The molecule has 1 fully saturated rings. The van der Waals surface area contributed by atoms with Gasteiger partial charge in [0.25, 0.3) is 8.32 Å². The van der Waals surface area contributed by atoms with E-state index in [0.29, 0.717) is 35.0 Å². The molecule has 3 aromatic carbocycles. The minimum Gasteiger partial charge on any atom is -0.497 e. The maximum Gasteiger partial charge on any atom is 0.342 e. The van der Waals surface area contributed by atoms with Gasteiger partial charge in [-0.3, -0.25) is 4.21 Å². The molecule has 204 valence electrons. The zero-order chi connectivity index (χ0) is 27.4. The maximum atomic E-state index is 14.0. The van der Waals surface area contributed by atoms with Crippen LogP contribution in [0.15, 0.2) is 78.9 Å². The number of hydrogen-bond donors (Lipinski definition) is 1. The van der Waals surface area contributed by atoms with Crippen LogP contribution in [-0.2, 0) is 19.1 Å². The summed E-state index contributed by atoms with van der Waals surface area (Å²) in [5, 5.41) is 2.10. The van der Waals surface area contributed by atoms with Gasteiger partial charge in [-0.05, 0) is 34.0 Å². The van der Waals surface area contributed by atoms with Crippen LogP contribution in [-0.4, -0.2) is 56.3 Å². The summed E-state index contributed by atoms with van der Waals surface area (Å²) in [5.74, 6) is 1.45. The van der Waals surface area contributed by atoms with Crippen LogP contribution < -0.4 is 19.8 Å². The quantitative estimate of drug-likeness (QED) is 0.243. The van der Waals surface area contributed by atoms with Crippen molar-refractivity contribution < 1.29 is 27.6 Å². The van der Waals surface area contributed by atoms with Crippen molar-refractivity contribution in [2.45, 2.75) is 38.3 Å². The summed E-state index contributed by atoms with van der Waals surface area (Å²) in [6.07, 6.45) is 0.119. The van der Waals surface area contributed by atoms with Crippen molar-refractivity contribution >= 4 is 34.6 Å². The summed E-state index contributed by atoms with van der Waals surface area (Å²) in [7, 11) is -2.48. The summed E-state index contributed by atoms with van der Waals surface area (Å²) < 4.78 is 37.4. The number of carbonyl (C=O) groups excluding carboxylic acids is 1. The Morgan fingerprint density at radius 3 is 2.05 bits per heavy atom. The summed E-state index contributed by atoms with van der Waals surface area (Å²) in [4.78, 5) is 13.0. The Morgan fingerprint density at radius 1 is 0.921 bits per heavy atom. The van der Waals surface area contributed by atoms with Gasteiger partial charge in [-0.25, -0.2) is 4.79 Å². The first-order valence-corrected chi connectivity index (χ1v) is 17.0. The lowest BCUT2D eigenvalue weighted by molar-refractivity contribution is 0.0352. The molecule has 0 amide bonds. The van der Waals surface area contributed by atoms with E-state index in [2.05, 4.69) is 45.0 Å². The van der Waals surface area contributed by atoms with Crippen molar-refractivity contribution in [3.8, 4) is 11.5 Å². The van der Waals surface area contributed by atoms with Gasteiger partial charge in [-0.15, -0.1) is 0 Å². The van der Waals surface area contributed by atoms with Gasteiger partial charge in [0.2, 0.25) is 0 Å². The van der Waals surface area contributed by atoms with E-state index in [9.17, 15) is 9.00 Å². The molecule has 0 saturated carbocycles. The van der Waals surface area contributed by atoms with Crippen LogP contribution in [0.3, 0.4) is 0 Å². The van der Waals surface area contributed by atoms with E-state index < -0.39 is 30.3 Å². The number of rotatable bonds is 9. The lowest BCUT2D eigenvalue weighted by Crippen LogP contribution is -2.67. The summed E-state index contributed by atoms with van der Waals surface area (Å²) in [6, 6.07) is 25.6. The van der Waals surface area contributed by atoms with Crippen LogP contribution in [0.1, 0.15) is 37.6 Å². The Morgan fingerprint density at radius 2 is 1.53 bits per heavy atom. The molecule has 38 heavy (non-hydrogen) atoms. The number of hydrogen-bond acceptors (Lipinski definition) is 6. The highest BCUT2D eigenvalue weighted by molar-refractivity contribution is 8.03. The van der Waals surface area contributed by atoms with Crippen molar-refractivity contribution in [1.29, 1.82) is 0 Å². The zero-order valence-electron chi connectivity index (χ0n) is 22.8. The van der Waals surface area contributed by atoms with E-state index in [1.807, 2.05) is 36.4 Å². The predicted octanol–water partition coefficient (Wildman–Crippen LogP) is 4.18. The molecule has 3 aromatic rings. The van der Waals surface area contributed by atoms with E-state index >= 15 is 0 Å². The minimum atomic E-state index is -2.80. The molecule has 4 rings (SSSR count). The number of benzene rings is 3. The average molecular weight is 555 g/mol. The largest absolute Gasteiger partial charge is 0.497 e. The van der Waals surface area contributed by atoms with Crippen LogP contribution in [0.2, 0.25) is 5.04 Å². The predicted molar refractivity (Wildman–Crippen MR) is 156 cm³/mol. The Labute approximate surface area is 227 Å². The second-order valence-electron chi connectivity index (χ2n) is 10.8. The highest BCUT2D eigenvalue weighted by Gasteiger charge is 2.51. The summed E-state index contributed by atoms with van der Waals surface area (Å²) >= 11 is 0. The fraction of sp³-hybridized carbons (Fsp3) is 0.367. The standard InChI is InChI=1S/C30H38O6SSi/c1-30(2,3)38(25-12-8-6-9-13-25,26-14-10-7-11-15-26)35-22-37(32)19-18-24(21-37)36-29(31)27-17-16-23(33-4)20-28(27)34-5/h6-17,20,24,37H,18-19,21-22H2,1-5H3/t24-/m1/s1. The number of carbonyl (C=O) groups is 1. The highest BCUT2D eigenvalue weighted by atomic mass is 32.2. The van der Waals surface area contributed by atoms with Crippen LogP contribution >= 0.6 is 0 Å². The van der Waals surface area contributed by atoms with Gasteiger partial charge in [-0.2, -0.15) is 0 Å². The number of esters is 1. The molecule has 0 unspecified atom stereocenters. The fourth-order valence-corrected chi connectivity index (χ4v) is 13.4. The van der Waals surface area contributed by atoms with Crippen molar-refractivity contribution in [3.05, 3.63) is 84.4 Å². The smallest absolute Gasteiger partial charge is 0.342 e. The first-order valence-electron chi connectivity index (χ1n) is 12.9. The first kappa shape index (κ1) is 28.1. The fourth-order valence-electron chi connectivity index (χ4n) is 5.30. The molecule has 0 spiro atoms. The number of methoxy groups -OCH3 is 2. The highest BCUT2D eigenvalue weighted by Crippen LogP contribution is 2.38. The summed E-state index contributed by atoms with van der Waals surface area (Å²) in [6.45, 7) is 6.61. The zero-order valence-corrected chi connectivity index (χ0v) is 24.7. The number of thiol groups is 1. The molecule has 1 saturated heterocycles.